The molecule has 0 bridgehead atoms. The van der Waals surface area contributed by atoms with E-state index in [2.05, 4.69) is 36.1 Å². The lowest BCUT2D eigenvalue weighted by Crippen LogP contribution is -2.46. The van der Waals surface area contributed by atoms with Crippen LogP contribution in [0.4, 0.5) is 5.69 Å². The van der Waals surface area contributed by atoms with Crippen LogP contribution in [-0.2, 0) is 6.42 Å². The Bertz CT molecular complexity index is 396. The van der Waals surface area contributed by atoms with Gasteiger partial charge in [-0.25, -0.2) is 0 Å². The van der Waals surface area contributed by atoms with E-state index in [0.29, 0.717) is 12.1 Å². The topological polar surface area (TPSA) is 29.3 Å². The molecule has 0 radical (unpaired) electrons. The molecule has 2 N–H and O–H groups in total. The van der Waals surface area contributed by atoms with Gasteiger partial charge in [0.05, 0.1) is 0 Å². The smallest absolute Gasteiger partial charge is 0.0404 e. The first-order valence-corrected chi connectivity index (χ1v) is 6.87. The van der Waals surface area contributed by atoms with Gasteiger partial charge in [0.1, 0.15) is 0 Å². The summed E-state index contributed by atoms with van der Waals surface area (Å²) in [5, 5.41) is 0. The maximum Gasteiger partial charge on any atom is 0.0404 e. The summed E-state index contributed by atoms with van der Waals surface area (Å²) in [4.78, 5) is 2.67. The van der Waals surface area contributed by atoms with Crippen molar-refractivity contribution in [2.75, 3.05) is 4.90 Å². The number of para-hydroxylation sites is 1. The van der Waals surface area contributed by atoms with Crippen molar-refractivity contribution in [3.05, 3.63) is 29.8 Å². The average molecular weight is 230 g/mol. The van der Waals surface area contributed by atoms with Crippen molar-refractivity contribution in [2.24, 2.45) is 5.73 Å². The first kappa shape index (κ1) is 11.1. The molecule has 2 heteroatoms. The molecule has 2 aliphatic rings. The first-order chi connectivity index (χ1) is 8.25. The zero-order valence-corrected chi connectivity index (χ0v) is 10.6. The van der Waals surface area contributed by atoms with Gasteiger partial charge < -0.3 is 10.6 Å². The first-order valence-electron chi connectivity index (χ1n) is 6.87. The fourth-order valence-corrected chi connectivity index (χ4v) is 3.27. The van der Waals surface area contributed by atoms with E-state index in [1.54, 1.807) is 0 Å². The fraction of sp³-hybridized carbons (Fsp3) is 0.600. The summed E-state index contributed by atoms with van der Waals surface area (Å²) in [6.45, 7) is 2.13. The van der Waals surface area contributed by atoms with E-state index in [0.717, 1.165) is 12.5 Å². The van der Waals surface area contributed by atoms with Gasteiger partial charge in [0.25, 0.3) is 0 Å². The van der Waals surface area contributed by atoms with Gasteiger partial charge in [-0.05, 0) is 50.7 Å². The molecule has 3 rings (SSSR count). The molecule has 1 heterocycles. The molecular weight excluding hydrogens is 208 g/mol. The summed E-state index contributed by atoms with van der Waals surface area (Å²) in [5.41, 5.74) is 9.00. The largest absolute Gasteiger partial charge is 0.365 e. The zero-order valence-electron chi connectivity index (χ0n) is 10.6. The Morgan fingerprint density at radius 3 is 2.76 bits per heavy atom. The van der Waals surface area contributed by atoms with Crippen molar-refractivity contribution < 1.29 is 0 Å². The molecule has 0 saturated heterocycles. The standard InChI is InChI=1S/C15H22N2/c1-11(16)9-14-10-12-5-2-3-8-15(12)17(14)13-6-4-7-13/h2-3,5,8,11,13-14H,4,6-7,9-10,16H2,1H3. The lowest BCUT2D eigenvalue weighted by atomic mass is 9.90. The molecule has 1 fully saturated rings. The predicted molar refractivity (Wildman–Crippen MR) is 72.3 cm³/mol. The Balaban J connectivity index is 1.87. The lowest BCUT2D eigenvalue weighted by Gasteiger charge is -2.41. The molecule has 1 saturated carbocycles. The molecule has 1 aliphatic carbocycles. The fourth-order valence-electron chi connectivity index (χ4n) is 3.27. The van der Waals surface area contributed by atoms with Gasteiger partial charge in [0, 0.05) is 23.8 Å². The summed E-state index contributed by atoms with van der Waals surface area (Å²) in [6, 6.07) is 10.6. The highest BCUT2D eigenvalue weighted by atomic mass is 15.2. The van der Waals surface area contributed by atoms with Crippen molar-refractivity contribution >= 4 is 5.69 Å². The molecule has 2 unspecified atom stereocenters. The van der Waals surface area contributed by atoms with Crippen LogP contribution in [0.3, 0.4) is 0 Å². The second kappa shape index (κ2) is 4.34. The molecule has 1 aliphatic heterocycles. The monoisotopic (exact) mass is 230 g/mol. The van der Waals surface area contributed by atoms with Gasteiger partial charge in [-0.3, -0.25) is 0 Å². The summed E-state index contributed by atoms with van der Waals surface area (Å²) in [5.74, 6) is 0. The van der Waals surface area contributed by atoms with Gasteiger partial charge in [0.15, 0.2) is 0 Å². The third kappa shape index (κ3) is 1.95. The van der Waals surface area contributed by atoms with Crippen molar-refractivity contribution in [2.45, 2.75) is 57.2 Å². The van der Waals surface area contributed by atoms with Crippen LogP contribution in [-0.4, -0.2) is 18.1 Å². The highest BCUT2D eigenvalue weighted by Gasteiger charge is 2.36. The molecule has 17 heavy (non-hydrogen) atoms. The van der Waals surface area contributed by atoms with Crippen LogP contribution in [0.2, 0.25) is 0 Å². The number of fused-ring (bicyclic) bond motifs is 1. The van der Waals surface area contributed by atoms with E-state index in [1.807, 2.05) is 0 Å². The maximum absolute atomic E-state index is 6.00. The van der Waals surface area contributed by atoms with E-state index >= 15 is 0 Å². The number of rotatable bonds is 3. The molecule has 0 amide bonds. The third-order valence-corrected chi connectivity index (χ3v) is 4.23. The number of nitrogens with zero attached hydrogens (tertiary/aromatic N) is 1. The third-order valence-electron chi connectivity index (χ3n) is 4.23. The van der Waals surface area contributed by atoms with Crippen LogP contribution >= 0.6 is 0 Å². The summed E-state index contributed by atoms with van der Waals surface area (Å²) in [7, 11) is 0. The van der Waals surface area contributed by atoms with Crippen molar-refractivity contribution in [3.8, 4) is 0 Å². The Morgan fingerprint density at radius 1 is 1.35 bits per heavy atom. The van der Waals surface area contributed by atoms with E-state index in [1.165, 1.54) is 36.9 Å². The van der Waals surface area contributed by atoms with Gasteiger partial charge in [0.2, 0.25) is 0 Å². The van der Waals surface area contributed by atoms with E-state index in [-0.39, 0.29) is 0 Å². The van der Waals surface area contributed by atoms with Gasteiger partial charge >= 0.3 is 0 Å². The van der Waals surface area contributed by atoms with Crippen molar-refractivity contribution in [1.82, 2.24) is 0 Å². The molecule has 92 valence electrons. The molecule has 0 aromatic heterocycles. The van der Waals surface area contributed by atoms with Crippen LogP contribution in [0.15, 0.2) is 24.3 Å². The second-order valence-corrected chi connectivity index (χ2v) is 5.69. The summed E-state index contributed by atoms with van der Waals surface area (Å²) < 4.78 is 0. The molecule has 0 spiro atoms. The Morgan fingerprint density at radius 2 is 2.12 bits per heavy atom. The normalized spacial score (nSPS) is 25.5. The number of hydrogen-bond donors (Lipinski definition) is 1. The van der Waals surface area contributed by atoms with Crippen LogP contribution in [0.5, 0.6) is 0 Å². The number of anilines is 1. The minimum atomic E-state index is 0.303. The van der Waals surface area contributed by atoms with Crippen molar-refractivity contribution in [3.63, 3.8) is 0 Å². The zero-order chi connectivity index (χ0) is 11.8. The molecule has 2 nitrogen and oxygen atoms in total. The van der Waals surface area contributed by atoms with Crippen LogP contribution in [0.1, 0.15) is 38.2 Å². The highest BCUT2D eigenvalue weighted by Crippen LogP contribution is 2.40. The maximum atomic E-state index is 6.00. The summed E-state index contributed by atoms with van der Waals surface area (Å²) in [6.07, 6.45) is 6.43. The average Bonchev–Trinajstić information content (AvgIpc) is 2.54. The van der Waals surface area contributed by atoms with E-state index in [9.17, 15) is 0 Å². The lowest BCUT2D eigenvalue weighted by molar-refractivity contribution is 0.353. The van der Waals surface area contributed by atoms with E-state index < -0.39 is 0 Å². The van der Waals surface area contributed by atoms with Crippen molar-refractivity contribution in [1.29, 1.82) is 0 Å². The van der Waals surface area contributed by atoms with Gasteiger partial charge in [-0.1, -0.05) is 18.2 Å². The van der Waals surface area contributed by atoms with Crippen LogP contribution in [0.25, 0.3) is 0 Å². The quantitative estimate of drug-likeness (QED) is 0.865. The minimum absolute atomic E-state index is 0.303. The van der Waals surface area contributed by atoms with E-state index in [4.69, 9.17) is 5.73 Å². The number of nitrogens with two attached hydrogens (primary N) is 1. The highest BCUT2D eigenvalue weighted by molar-refractivity contribution is 5.60. The Labute approximate surface area is 104 Å². The molecule has 1 aromatic rings. The predicted octanol–water partition coefficient (Wildman–Crippen LogP) is 2.71. The Hall–Kier alpha value is -1.02. The Kier molecular flexibility index (Phi) is 2.83. The van der Waals surface area contributed by atoms with Gasteiger partial charge in [-0.2, -0.15) is 0 Å². The minimum Gasteiger partial charge on any atom is -0.365 e. The summed E-state index contributed by atoms with van der Waals surface area (Å²) >= 11 is 0. The SMILES string of the molecule is CC(N)CC1Cc2ccccc2N1C1CCC1. The molecular formula is C15H22N2. The molecule has 2 atom stereocenters. The van der Waals surface area contributed by atoms with Crippen LogP contribution in [0, 0.1) is 0 Å². The number of benzene rings is 1. The second-order valence-electron chi connectivity index (χ2n) is 5.69. The number of hydrogen-bond acceptors (Lipinski definition) is 2. The van der Waals surface area contributed by atoms with Crippen LogP contribution < -0.4 is 10.6 Å². The van der Waals surface area contributed by atoms with Gasteiger partial charge in [-0.15, -0.1) is 0 Å². The molecule has 1 aromatic carbocycles.